The molecule has 0 rings (SSSR count). The number of nitrogens with two attached hydrogens (primary N) is 3. The van der Waals surface area contributed by atoms with Crippen molar-refractivity contribution in [2.45, 2.75) is 90.0 Å². The number of carbonyl (C=O) groups excluding carboxylic acids is 5. The van der Waals surface area contributed by atoms with Gasteiger partial charge in [-0.05, 0) is 31.1 Å². The van der Waals surface area contributed by atoms with Gasteiger partial charge >= 0.3 is 17.9 Å². The fraction of sp³-hybridized carbons (Fsp3) is 0.667. The molecule has 0 aromatic carbocycles. The molecule has 0 saturated heterocycles. The van der Waals surface area contributed by atoms with Crippen molar-refractivity contribution < 1.29 is 53.7 Å². The van der Waals surface area contributed by atoms with E-state index in [2.05, 4.69) is 31.6 Å². The van der Waals surface area contributed by atoms with E-state index in [0.717, 1.165) is 0 Å². The molecule has 0 aliphatic rings. The van der Waals surface area contributed by atoms with Crippen molar-refractivity contribution in [2.75, 3.05) is 13.1 Å². The zero-order chi connectivity index (χ0) is 36.4. The van der Waals surface area contributed by atoms with Crippen LogP contribution in [0.1, 0.15) is 59.8 Å². The molecule has 5 amide bonds. The predicted octanol–water partition coefficient (Wildman–Crippen LogP) is -3.84. The smallest absolute Gasteiger partial charge is 0.326 e. The summed E-state index contributed by atoms with van der Waals surface area (Å²) in [6.45, 7) is 5.93. The van der Waals surface area contributed by atoms with Crippen LogP contribution in [-0.2, 0) is 38.4 Å². The highest BCUT2D eigenvalue weighted by Gasteiger charge is 2.34. The average molecular weight is 674 g/mol. The Bertz CT molecular complexity index is 1170. The summed E-state index contributed by atoms with van der Waals surface area (Å²) in [6, 6.07) is -7.29. The first-order valence-corrected chi connectivity index (χ1v) is 14.7. The van der Waals surface area contributed by atoms with Gasteiger partial charge in [0.1, 0.15) is 24.2 Å². The van der Waals surface area contributed by atoms with Crippen LogP contribution in [0.3, 0.4) is 0 Å². The van der Waals surface area contributed by atoms with Gasteiger partial charge in [-0.15, -0.1) is 0 Å². The SMILES string of the molecule is CC(C)C[C@H](NC(=O)[C@H](CC(=O)O)NC(=O)CNC(=O)[C@@H](N)CCCN=C(N)N)C(=O)N[C@@H](CC(=O)O)C(=O)N[C@H](C(=O)O)C(C)C. The van der Waals surface area contributed by atoms with Gasteiger partial charge in [0.15, 0.2) is 5.96 Å². The van der Waals surface area contributed by atoms with Crippen molar-refractivity contribution in [3.05, 3.63) is 0 Å². The van der Waals surface area contributed by atoms with E-state index in [1.54, 1.807) is 13.8 Å². The summed E-state index contributed by atoms with van der Waals surface area (Å²) in [7, 11) is 0. The zero-order valence-electron chi connectivity index (χ0n) is 26.8. The highest BCUT2D eigenvalue weighted by molar-refractivity contribution is 5.97. The summed E-state index contributed by atoms with van der Waals surface area (Å²) in [5.41, 5.74) is 16.2. The van der Waals surface area contributed by atoms with Gasteiger partial charge in [-0.25, -0.2) is 4.79 Å². The van der Waals surface area contributed by atoms with E-state index in [9.17, 15) is 53.7 Å². The fourth-order valence-corrected chi connectivity index (χ4v) is 3.98. The first-order chi connectivity index (χ1) is 21.7. The van der Waals surface area contributed by atoms with Crippen LogP contribution in [0.2, 0.25) is 0 Å². The van der Waals surface area contributed by atoms with Crippen molar-refractivity contribution >= 4 is 53.4 Å². The lowest BCUT2D eigenvalue weighted by molar-refractivity contribution is -0.144. The molecule has 20 heteroatoms. The Morgan fingerprint density at radius 2 is 1.19 bits per heavy atom. The van der Waals surface area contributed by atoms with Crippen molar-refractivity contribution in [1.82, 2.24) is 26.6 Å². The molecule has 5 atom stereocenters. The first-order valence-electron chi connectivity index (χ1n) is 14.7. The van der Waals surface area contributed by atoms with Gasteiger partial charge in [0.2, 0.25) is 29.5 Å². The molecule has 0 radical (unpaired) electrons. The van der Waals surface area contributed by atoms with Crippen molar-refractivity contribution in [2.24, 2.45) is 34.0 Å². The Kier molecular flexibility index (Phi) is 18.7. The number of rotatable bonds is 22. The summed E-state index contributed by atoms with van der Waals surface area (Å²) in [6.07, 6.45) is -1.35. The largest absolute Gasteiger partial charge is 0.481 e. The van der Waals surface area contributed by atoms with Crippen LogP contribution < -0.4 is 43.8 Å². The molecule has 20 nitrogen and oxygen atoms in total. The second-order valence-electron chi connectivity index (χ2n) is 11.4. The molecule has 47 heavy (non-hydrogen) atoms. The Balaban J connectivity index is 5.66. The van der Waals surface area contributed by atoms with Gasteiger partial charge in [-0.3, -0.25) is 38.6 Å². The zero-order valence-corrected chi connectivity index (χ0v) is 26.8. The van der Waals surface area contributed by atoms with Gasteiger partial charge in [0.05, 0.1) is 25.4 Å². The Morgan fingerprint density at radius 3 is 1.66 bits per heavy atom. The summed E-state index contributed by atoms with van der Waals surface area (Å²) in [5.74, 6) is -10.2. The highest BCUT2D eigenvalue weighted by atomic mass is 16.4. The molecule has 0 aliphatic heterocycles. The van der Waals surface area contributed by atoms with Gasteiger partial charge in [-0.2, -0.15) is 0 Å². The molecule has 0 fully saturated rings. The third kappa shape index (κ3) is 17.9. The Morgan fingerprint density at radius 1 is 0.702 bits per heavy atom. The van der Waals surface area contributed by atoms with E-state index in [-0.39, 0.29) is 31.3 Å². The number of carboxylic acid groups (broad SMARTS) is 3. The maximum atomic E-state index is 13.2. The second kappa shape index (κ2) is 20.9. The lowest BCUT2D eigenvalue weighted by Gasteiger charge is -2.26. The van der Waals surface area contributed by atoms with E-state index in [4.69, 9.17) is 17.2 Å². The van der Waals surface area contributed by atoms with Gasteiger partial charge < -0.3 is 59.1 Å². The van der Waals surface area contributed by atoms with Crippen LogP contribution in [0, 0.1) is 11.8 Å². The standard InChI is InChI=1S/C27H47N9O11/c1-12(2)8-15(23(43)35-17(10-20(40)41)25(45)36-21(13(3)4)26(46)47)34-24(44)16(9-19(38)39)33-18(37)11-32-22(42)14(28)6-5-7-31-27(29)30/h12-17,21H,5-11,28H2,1-4H3,(H,32,42)(H,33,37)(H,34,44)(H,35,43)(H,36,45)(H,38,39)(H,40,41)(H,46,47)(H4,29,30,31)/t14-,15-,16-,17-,21-/m0/s1. The van der Waals surface area contributed by atoms with E-state index in [1.165, 1.54) is 13.8 Å². The van der Waals surface area contributed by atoms with Crippen molar-refractivity contribution in [1.29, 1.82) is 0 Å². The fourth-order valence-electron chi connectivity index (χ4n) is 3.98. The molecule has 0 bridgehead atoms. The number of carbonyl (C=O) groups is 8. The maximum absolute atomic E-state index is 13.2. The minimum Gasteiger partial charge on any atom is -0.481 e. The number of amides is 5. The molecule has 266 valence electrons. The lowest BCUT2D eigenvalue weighted by Crippen LogP contribution is -2.59. The quantitative estimate of drug-likeness (QED) is 0.0298. The molecule has 0 heterocycles. The second-order valence-corrected chi connectivity index (χ2v) is 11.4. The number of hydrogen-bond acceptors (Lipinski definition) is 10. The van der Waals surface area contributed by atoms with Crippen LogP contribution in [-0.4, -0.2) is 112 Å². The topological polar surface area (TPSA) is 348 Å². The number of guanidine groups is 1. The van der Waals surface area contributed by atoms with Crippen LogP contribution in [0.4, 0.5) is 0 Å². The van der Waals surface area contributed by atoms with Crippen molar-refractivity contribution in [3.63, 3.8) is 0 Å². The monoisotopic (exact) mass is 673 g/mol. The Hall–Kier alpha value is -5.01. The number of nitrogens with one attached hydrogen (secondary N) is 5. The van der Waals surface area contributed by atoms with Crippen molar-refractivity contribution in [3.8, 4) is 0 Å². The molecule has 14 N–H and O–H groups in total. The molecule has 0 aliphatic carbocycles. The van der Waals surface area contributed by atoms with E-state index in [1.807, 2.05) is 0 Å². The average Bonchev–Trinajstić information content (AvgIpc) is 2.94. The lowest BCUT2D eigenvalue weighted by atomic mass is 10.0. The van der Waals surface area contributed by atoms with Crippen LogP contribution in [0.25, 0.3) is 0 Å². The Labute approximate surface area is 271 Å². The molecule has 0 saturated carbocycles. The summed E-state index contributed by atoms with van der Waals surface area (Å²) in [5, 5.41) is 39.1. The maximum Gasteiger partial charge on any atom is 0.326 e. The van der Waals surface area contributed by atoms with E-state index < -0.39 is 103 Å². The van der Waals surface area contributed by atoms with E-state index >= 15 is 0 Å². The molecule has 0 aromatic rings. The summed E-state index contributed by atoms with van der Waals surface area (Å²) < 4.78 is 0. The third-order valence-electron chi connectivity index (χ3n) is 6.34. The number of nitrogens with zero attached hydrogens (tertiary/aromatic N) is 1. The molecule has 0 aromatic heterocycles. The molecule has 0 spiro atoms. The molecule has 0 unspecified atom stereocenters. The minimum atomic E-state index is -1.73. The third-order valence-corrected chi connectivity index (χ3v) is 6.34. The highest BCUT2D eigenvalue weighted by Crippen LogP contribution is 2.09. The van der Waals surface area contributed by atoms with Gasteiger partial charge in [0.25, 0.3) is 0 Å². The predicted molar refractivity (Wildman–Crippen MR) is 165 cm³/mol. The number of aliphatic carboxylic acids is 3. The van der Waals surface area contributed by atoms with Crippen LogP contribution in [0.15, 0.2) is 4.99 Å². The van der Waals surface area contributed by atoms with Gasteiger partial charge in [-0.1, -0.05) is 27.7 Å². The molecular weight excluding hydrogens is 626 g/mol. The van der Waals surface area contributed by atoms with E-state index in [0.29, 0.717) is 6.42 Å². The summed E-state index contributed by atoms with van der Waals surface area (Å²) >= 11 is 0. The number of aliphatic imine (C=N–C) groups is 1. The number of hydrogen-bond donors (Lipinski definition) is 11. The minimum absolute atomic E-state index is 0.0619. The summed E-state index contributed by atoms with van der Waals surface area (Å²) in [4.78, 5) is 102. The normalized spacial score (nSPS) is 14.0. The molecular formula is C27H47N9O11. The number of carboxylic acids is 3. The van der Waals surface area contributed by atoms with Gasteiger partial charge in [0, 0.05) is 6.54 Å². The van der Waals surface area contributed by atoms with Crippen LogP contribution in [0.5, 0.6) is 0 Å². The van der Waals surface area contributed by atoms with Crippen LogP contribution >= 0.6 is 0 Å². The first kappa shape index (κ1) is 42.0.